The number of ether oxygens (including phenoxy) is 1. The lowest BCUT2D eigenvalue weighted by atomic mass is 10.2. The van der Waals surface area contributed by atoms with Gasteiger partial charge in [0, 0.05) is 41.9 Å². The van der Waals surface area contributed by atoms with Crippen LogP contribution in [0.2, 0.25) is 0 Å². The van der Waals surface area contributed by atoms with E-state index >= 15 is 0 Å². The van der Waals surface area contributed by atoms with Gasteiger partial charge in [0.15, 0.2) is 0 Å². The quantitative estimate of drug-likeness (QED) is 0.762. The molecule has 1 aromatic rings. The highest BCUT2D eigenvalue weighted by molar-refractivity contribution is 7.85. The van der Waals surface area contributed by atoms with E-state index in [0.717, 1.165) is 49.9 Å². The number of nitrogens with zero attached hydrogens (tertiary/aromatic N) is 1. The lowest BCUT2D eigenvalue weighted by Gasteiger charge is -2.25. The van der Waals surface area contributed by atoms with Crippen LogP contribution in [0.3, 0.4) is 0 Å². The van der Waals surface area contributed by atoms with Gasteiger partial charge in [-0.25, -0.2) is 0 Å². The SMILES string of the molecule is Cc1ccccc1OCCCN1CCS(=O)CC1. The van der Waals surface area contributed by atoms with E-state index < -0.39 is 10.8 Å². The van der Waals surface area contributed by atoms with Gasteiger partial charge in [0.05, 0.1) is 6.61 Å². The predicted octanol–water partition coefficient (Wildman–Crippen LogP) is 1.83. The van der Waals surface area contributed by atoms with Gasteiger partial charge >= 0.3 is 0 Å². The second kappa shape index (κ2) is 6.90. The predicted molar refractivity (Wildman–Crippen MR) is 75.6 cm³/mol. The highest BCUT2D eigenvalue weighted by Gasteiger charge is 2.14. The van der Waals surface area contributed by atoms with Crippen molar-refractivity contribution in [2.75, 3.05) is 37.7 Å². The van der Waals surface area contributed by atoms with Crippen molar-refractivity contribution in [3.8, 4) is 5.75 Å². The molecule has 3 nitrogen and oxygen atoms in total. The van der Waals surface area contributed by atoms with Gasteiger partial charge in [-0.2, -0.15) is 0 Å². The van der Waals surface area contributed by atoms with Gasteiger partial charge in [0.25, 0.3) is 0 Å². The minimum atomic E-state index is -0.574. The van der Waals surface area contributed by atoms with Crippen molar-refractivity contribution in [1.82, 2.24) is 4.90 Å². The maximum Gasteiger partial charge on any atom is 0.122 e. The summed E-state index contributed by atoms with van der Waals surface area (Å²) >= 11 is 0. The number of aryl methyl sites for hydroxylation is 1. The summed E-state index contributed by atoms with van der Waals surface area (Å²) in [4.78, 5) is 2.38. The number of hydrogen-bond donors (Lipinski definition) is 0. The van der Waals surface area contributed by atoms with E-state index in [9.17, 15) is 4.21 Å². The summed E-state index contributed by atoms with van der Waals surface area (Å²) < 4.78 is 17.0. The van der Waals surface area contributed by atoms with Gasteiger partial charge < -0.3 is 9.64 Å². The first-order chi connectivity index (χ1) is 8.75. The third-order valence-electron chi connectivity index (χ3n) is 3.24. The van der Waals surface area contributed by atoms with E-state index in [0.29, 0.717) is 0 Å². The molecule has 1 saturated heterocycles. The van der Waals surface area contributed by atoms with E-state index in [4.69, 9.17) is 4.74 Å². The van der Waals surface area contributed by atoms with Gasteiger partial charge in [0.2, 0.25) is 0 Å². The zero-order valence-electron chi connectivity index (χ0n) is 10.9. The van der Waals surface area contributed by atoms with E-state index in [1.165, 1.54) is 5.56 Å². The monoisotopic (exact) mass is 267 g/mol. The van der Waals surface area contributed by atoms with Crippen LogP contribution in [0, 0.1) is 6.92 Å². The molecule has 0 radical (unpaired) electrons. The van der Waals surface area contributed by atoms with Gasteiger partial charge in [-0.15, -0.1) is 0 Å². The minimum Gasteiger partial charge on any atom is -0.493 e. The maximum atomic E-state index is 11.2. The van der Waals surface area contributed by atoms with Crippen molar-refractivity contribution in [2.24, 2.45) is 0 Å². The normalized spacial score (nSPS) is 17.8. The number of hydrogen-bond acceptors (Lipinski definition) is 3. The summed E-state index contributed by atoms with van der Waals surface area (Å²) in [5, 5.41) is 0. The van der Waals surface area contributed by atoms with Crippen LogP contribution in [0.4, 0.5) is 0 Å². The van der Waals surface area contributed by atoms with E-state index in [-0.39, 0.29) is 0 Å². The zero-order valence-corrected chi connectivity index (χ0v) is 11.7. The Balaban J connectivity index is 1.64. The van der Waals surface area contributed by atoms with Crippen LogP contribution in [0.5, 0.6) is 5.75 Å². The molecule has 100 valence electrons. The molecule has 1 heterocycles. The molecule has 0 saturated carbocycles. The molecule has 1 aliphatic rings. The summed E-state index contributed by atoms with van der Waals surface area (Å²) in [7, 11) is -0.574. The van der Waals surface area contributed by atoms with Crippen LogP contribution in [0.25, 0.3) is 0 Å². The molecule has 1 aliphatic heterocycles. The lowest BCUT2D eigenvalue weighted by Crippen LogP contribution is -2.38. The second-order valence-corrected chi connectivity index (χ2v) is 6.35. The maximum absolute atomic E-state index is 11.2. The number of para-hydroxylation sites is 1. The Morgan fingerprint density at radius 1 is 1.28 bits per heavy atom. The molecule has 0 aromatic heterocycles. The number of benzene rings is 1. The van der Waals surface area contributed by atoms with Crippen LogP contribution < -0.4 is 4.74 Å². The topological polar surface area (TPSA) is 29.5 Å². The van der Waals surface area contributed by atoms with E-state index in [1.807, 2.05) is 18.2 Å². The molecule has 0 atom stereocenters. The summed E-state index contributed by atoms with van der Waals surface area (Å²) in [6.07, 6.45) is 1.03. The highest BCUT2D eigenvalue weighted by atomic mass is 32.2. The smallest absolute Gasteiger partial charge is 0.122 e. The fourth-order valence-electron chi connectivity index (χ4n) is 2.09. The standard InChI is InChI=1S/C14H21NO2S/c1-13-5-2-3-6-14(13)17-10-4-7-15-8-11-18(16)12-9-15/h2-3,5-6H,4,7-12H2,1H3. The first-order valence-corrected chi connectivity index (χ1v) is 8.00. The first-order valence-electron chi connectivity index (χ1n) is 6.51. The summed E-state index contributed by atoms with van der Waals surface area (Å²) in [5.74, 6) is 2.65. The molecule has 18 heavy (non-hydrogen) atoms. The molecule has 4 heteroatoms. The van der Waals surface area contributed by atoms with Crippen LogP contribution >= 0.6 is 0 Å². The van der Waals surface area contributed by atoms with Crippen molar-refractivity contribution in [3.63, 3.8) is 0 Å². The molecule has 0 bridgehead atoms. The molecule has 1 fully saturated rings. The van der Waals surface area contributed by atoms with Gasteiger partial charge in [-0.1, -0.05) is 18.2 Å². The lowest BCUT2D eigenvalue weighted by molar-refractivity contribution is 0.246. The number of rotatable bonds is 5. The Hall–Kier alpha value is -0.870. The summed E-state index contributed by atoms with van der Waals surface area (Å²) in [6.45, 7) is 5.80. The first kappa shape index (κ1) is 13.6. The van der Waals surface area contributed by atoms with Crippen LogP contribution in [0.15, 0.2) is 24.3 Å². The van der Waals surface area contributed by atoms with Gasteiger partial charge in [0.1, 0.15) is 5.75 Å². The molecule has 1 aromatic carbocycles. The van der Waals surface area contributed by atoms with E-state index in [1.54, 1.807) is 0 Å². The van der Waals surface area contributed by atoms with Gasteiger partial charge in [-0.05, 0) is 25.0 Å². The average molecular weight is 267 g/mol. The molecule has 0 N–H and O–H groups in total. The minimum absolute atomic E-state index is 0.574. The molecule has 0 spiro atoms. The molecular weight excluding hydrogens is 246 g/mol. The van der Waals surface area contributed by atoms with Crippen molar-refractivity contribution in [1.29, 1.82) is 0 Å². The Labute approximate surface area is 112 Å². The molecule has 2 rings (SSSR count). The summed E-state index contributed by atoms with van der Waals surface area (Å²) in [5.41, 5.74) is 1.19. The van der Waals surface area contributed by atoms with Crippen molar-refractivity contribution in [3.05, 3.63) is 29.8 Å². The van der Waals surface area contributed by atoms with E-state index in [2.05, 4.69) is 17.9 Å². The van der Waals surface area contributed by atoms with Crippen LogP contribution in [-0.2, 0) is 10.8 Å². The van der Waals surface area contributed by atoms with Crippen molar-refractivity contribution in [2.45, 2.75) is 13.3 Å². The summed E-state index contributed by atoms with van der Waals surface area (Å²) in [6, 6.07) is 8.10. The van der Waals surface area contributed by atoms with Crippen molar-refractivity contribution < 1.29 is 8.95 Å². The Kier molecular flexibility index (Phi) is 5.20. The fourth-order valence-corrected chi connectivity index (χ4v) is 3.22. The van der Waals surface area contributed by atoms with Crippen molar-refractivity contribution >= 4 is 10.8 Å². The van der Waals surface area contributed by atoms with Crippen LogP contribution in [-0.4, -0.2) is 46.9 Å². The third kappa shape index (κ3) is 4.10. The average Bonchev–Trinajstić information content (AvgIpc) is 2.39. The molecule has 0 aliphatic carbocycles. The zero-order chi connectivity index (χ0) is 12.8. The van der Waals surface area contributed by atoms with Gasteiger partial charge in [-0.3, -0.25) is 4.21 Å². The molecule has 0 amide bonds. The molecular formula is C14H21NO2S. The Bertz CT molecular complexity index is 399. The van der Waals surface area contributed by atoms with Crippen LogP contribution in [0.1, 0.15) is 12.0 Å². The Morgan fingerprint density at radius 2 is 2.00 bits per heavy atom. The largest absolute Gasteiger partial charge is 0.493 e. The molecule has 0 unspecified atom stereocenters. The Morgan fingerprint density at radius 3 is 2.72 bits per heavy atom. The highest BCUT2D eigenvalue weighted by Crippen LogP contribution is 2.16. The fraction of sp³-hybridized carbons (Fsp3) is 0.571. The second-order valence-electron chi connectivity index (χ2n) is 4.66. The third-order valence-corrected chi connectivity index (χ3v) is 4.52.